The number of aromatic nitrogens is 4. The summed E-state index contributed by atoms with van der Waals surface area (Å²) in [7, 11) is 0. The van der Waals surface area contributed by atoms with Gasteiger partial charge in [-0.25, -0.2) is 0 Å². The number of H-pyrrole nitrogens is 1. The van der Waals surface area contributed by atoms with Crippen LogP contribution in [-0.4, -0.2) is 25.3 Å². The SMILES string of the molecule is Cc1cc2[nH]c(CCC(=O)Cn3c(-c4ccccc4)cnc(CC4(c5ccccc5)CC4)c3=O)cc2cn1. The van der Waals surface area contributed by atoms with E-state index >= 15 is 0 Å². The number of fused-ring (bicyclic) bond motifs is 1. The molecule has 1 fully saturated rings. The molecule has 0 radical (unpaired) electrons. The molecule has 1 aliphatic rings. The molecule has 3 heterocycles. The van der Waals surface area contributed by atoms with Crippen LogP contribution in [-0.2, 0) is 29.6 Å². The van der Waals surface area contributed by atoms with E-state index in [0.29, 0.717) is 30.7 Å². The van der Waals surface area contributed by atoms with E-state index in [9.17, 15) is 9.59 Å². The molecule has 5 aromatic rings. The molecule has 0 unspecified atom stereocenters. The Hall–Kier alpha value is -4.32. The van der Waals surface area contributed by atoms with Gasteiger partial charge in [0.1, 0.15) is 5.69 Å². The highest BCUT2D eigenvalue weighted by Gasteiger charge is 2.45. The van der Waals surface area contributed by atoms with Crippen molar-refractivity contribution in [1.29, 1.82) is 0 Å². The first-order valence-corrected chi connectivity index (χ1v) is 13.2. The zero-order chi connectivity index (χ0) is 26.1. The van der Waals surface area contributed by atoms with Gasteiger partial charge in [-0.3, -0.25) is 24.1 Å². The normalized spacial score (nSPS) is 14.0. The first kappa shape index (κ1) is 24.0. The second-order valence-corrected chi connectivity index (χ2v) is 10.4. The lowest BCUT2D eigenvalue weighted by molar-refractivity contribution is -0.119. The van der Waals surface area contributed by atoms with Crippen LogP contribution in [0.1, 0.15) is 41.9 Å². The van der Waals surface area contributed by atoms with Crippen LogP contribution < -0.4 is 5.56 Å². The van der Waals surface area contributed by atoms with Crippen LogP contribution in [0.25, 0.3) is 22.2 Å². The molecule has 0 atom stereocenters. The maximum atomic E-state index is 13.8. The Labute approximate surface area is 221 Å². The van der Waals surface area contributed by atoms with Crippen LogP contribution >= 0.6 is 0 Å². The van der Waals surface area contributed by atoms with E-state index in [2.05, 4.69) is 27.1 Å². The zero-order valence-electron chi connectivity index (χ0n) is 21.5. The average Bonchev–Trinajstić information content (AvgIpc) is 3.61. The number of aromatic amines is 1. The largest absolute Gasteiger partial charge is 0.358 e. The molecule has 0 saturated heterocycles. The van der Waals surface area contributed by atoms with Gasteiger partial charge in [0.2, 0.25) is 0 Å². The van der Waals surface area contributed by atoms with E-state index in [1.807, 2.05) is 73.8 Å². The van der Waals surface area contributed by atoms with Gasteiger partial charge in [-0.1, -0.05) is 60.7 Å². The van der Waals surface area contributed by atoms with Crippen molar-refractivity contribution in [3.63, 3.8) is 0 Å². The Balaban J connectivity index is 1.26. The summed E-state index contributed by atoms with van der Waals surface area (Å²) >= 11 is 0. The third-order valence-corrected chi connectivity index (χ3v) is 7.64. The molecule has 0 amide bonds. The van der Waals surface area contributed by atoms with E-state index in [1.54, 1.807) is 10.8 Å². The van der Waals surface area contributed by atoms with Gasteiger partial charge >= 0.3 is 0 Å². The first-order chi connectivity index (χ1) is 18.5. The molecule has 2 aromatic carbocycles. The number of ketones is 1. The summed E-state index contributed by atoms with van der Waals surface area (Å²) in [6.45, 7) is 1.98. The molecule has 190 valence electrons. The van der Waals surface area contributed by atoms with Crippen molar-refractivity contribution in [2.75, 3.05) is 0 Å². The van der Waals surface area contributed by atoms with E-state index < -0.39 is 0 Å². The predicted octanol–water partition coefficient (Wildman–Crippen LogP) is 5.57. The summed E-state index contributed by atoms with van der Waals surface area (Å²) < 4.78 is 1.62. The van der Waals surface area contributed by atoms with Crippen molar-refractivity contribution < 1.29 is 4.79 Å². The summed E-state index contributed by atoms with van der Waals surface area (Å²) in [5.41, 5.74) is 6.07. The second kappa shape index (κ2) is 9.86. The highest BCUT2D eigenvalue weighted by molar-refractivity contribution is 5.81. The summed E-state index contributed by atoms with van der Waals surface area (Å²) in [6, 6.07) is 24.1. The lowest BCUT2D eigenvalue weighted by atomic mass is 9.91. The van der Waals surface area contributed by atoms with Crippen molar-refractivity contribution >= 4 is 16.7 Å². The minimum atomic E-state index is -0.172. The standard InChI is InChI=1S/C32H30N4O2/c1-22-16-28-24(19-33-22)17-26(35-28)12-13-27(37)21-36-30(23-8-4-2-5-9-23)20-34-29(31(36)38)18-32(14-15-32)25-10-6-3-7-11-25/h2-11,16-17,19-20,35H,12-15,18,21H2,1H3. The first-order valence-electron chi connectivity index (χ1n) is 13.2. The third kappa shape index (κ3) is 4.82. The van der Waals surface area contributed by atoms with Crippen LogP contribution in [0.3, 0.4) is 0 Å². The summed E-state index contributed by atoms with van der Waals surface area (Å²) in [6.07, 6.45) is 7.18. The molecule has 6 nitrogen and oxygen atoms in total. The van der Waals surface area contributed by atoms with Gasteiger partial charge in [-0.05, 0) is 49.4 Å². The Bertz CT molecular complexity index is 1660. The van der Waals surface area contributed by atoms with Crippen molar-refractivity contribution in [3.05, 3.63) is 118 Å². The molecule has 1 saturated carbocycles. The molecular weight excluding hydrogens is 472 g/mol. The monoisotopic (exact) mass is 502 g/mol. The molecule has 3 aromatic heterocycles. The van der Waals surface area contributed by atoms with Gasteiger partial charge in [0.05, 0.1) is 18.4 Å². The van der Waals surface area contributed by atoms with Crippen molar-refractivity contribution in [1.82, 2.24) is 19.5 Å². The van der Waals surface area contributed by atoms with E-state index in [4.69, 9.17) is 0 Å². The van der Waals surface area contributed by atoms with Gasteiger partial charge in [-0.15, -0.1) is 0 Å². The van der Waals surface area contributed by atoms with Gasteiger partial charge < -0.3 is 4.98 Å². The van der Waals surface area contributed by atoms with Crippen molar-refractivity contribution in [2.24, 2.45) is 0 Å². The molecular formula is C32H30N4O2. The predicted molar refractivity (Wildman–Crippen MR) is 149 cm³/mol. The molecule has 0 aliphatic heterocycles. The minimum absolute atomic E-state index is 0.0126. The summed E-state index contributed by atoms with van der Waals surface area (Å²) in [5, 5.41) is 1.03. The van der Waals surface area contributed by atoms with E-state index in [0.717, 1.165) is 40.7 Å². The summed E-state index contributed by atoms with van der Waals surface area (Å²) in [5.74, 6) is 0.0126. The van der Waals surface area contributed by atoms with Gasteiger partial charge in [0.25, 0.3) is 5.56 Å². The van der Waals surface area contributed by atoms with Gasteiger partial charge in [0, 0.05) is 46.7 Å². The maximum Gasteiger partial charge on any atom is 0.273 e. The maximum absolute atomic E-state index is 13.8. The quantitative estimate of drug-likeness (QED) is 0.286. The smallest absolute Gasteiger partial charge is 0.273 e. The molecule has 6 heteroatoms. The second-order valence-electron chi connectivity index (χ2n) is 10.4. The third-order valence-electron chi connectivity index (χ3n) is 7.64. The molecule has 0 bridgehead atoms. The topological polar surface area (TPSA) is 80.6 Å². The van der Waals surface area contributed by atoms with Crippen LogP contribution in [0.4, 0.5) is 0 Å². The van der Waals surface area contributed by atoms with E-state index in [-0.39, 0.29) is 23.3 Å². The number of Topliss-reactive ketones (excluding diaryl/α,β-unsaturated/α-hetero) is 1. The number of nitrogens with one attached hydrogen (secondary N) is 1. The minimum Gasteiger partial charge on any atom is -0.358 e. The Morgan fingerprint density at radius 1 is 0.974 bits per heavy atom. The number of rotatable bonds is 9. The molecule has 6 rings (SSSR count). The van der Waals surface area contributed by atoms with Gasteiger partial charge in [0.15, 0.2) is 5.78 Å². The number of hydrogen-bond acceptors (Lipinski definition) is 4. The number of carbonyl (C=O) groups is 1. The van der Waals surface area contributed by atoms with E-state index in [1.165, 1.54) is 5.56 Å². The van der Waals surface area contributed by atoms with Crippen LogP contribution in [0.15, 0.2) is 90.0 Å². The summed E-state index contributed by atoms with van der Waals surface area (Å²) in [4.78, 5) is 39.4. The number of nitrogens with zero attached hydrogens (tertiary/aromatic N) is 3. The highest BCUT2D eigenvalue weighted by Crippen LogP contribution is 2.50. The Morgan fingerprint density at radius 2 is 1.71 bits per heavy atom. The average molecular weight is 503 g/mol. The van der Waals surface area contributed by atoms with Crippen molar-refractivity contribution in [2.45, 2.75) is 51.0 Å². The number of carbonyl (C=O) groups excluding carboxylic acids is 1. The molecule has 38 heavy (non-hydrogen) atoms. The number of pyridine rings is 1. The van der Waals surface area contributed by atoms with Crippen LogP contribution in [0.2, 0.25) is 0 Å². The zero-order valence-corrected chi connectivity index (χ0v) is 21.5. The Kier molecular flexibility index (Phi) is 6.24. The number of benzene rings is 2. The fourth-order valence-corrected chi connectivity index (χ4v) is 5.33. The lowest BCUT2D eigenvalue weighted by Gasteiger charge is -2.18. The van der Waals surface area contributed by atoms with Crippen molar-refractivity contribution in [3.8, 4) is 11.3 Å². The molecule has 0 spiro atoms. The fourth-order valence-electron chi connectivity index (χ4n) is 5.33. The lowest BCUT2D eigenvalue weighted by Crippen LogP contribution is -2.31. The number of hydrogen-bond donors (Lipinski definition) is 1. The Morgan fingerprint density at radius 3 is 2.45 bits per heavy atom. The molecule has 1 aliphatic carbocycles. The van der Waals surface area contributed by atoms with Crippen LogP contribution in [0.5, 0.6) is 0 Å². The fraction of sp³-hybridized carbons (Fsp3) is 0.250. The number of aryl methyl sites for hydroxylation is 2. The highest BCUT2D eigenvalue weighted by atomic mass is 16.1. The van der Waals surface area contributed by atoms with Crippen LogP contribution in [0, 0.1) is 6.92 Å². The van der Waals surface area contributed by atoms with Gasteiger partial charge in [-0.2, -0.15) is 0 Å². The molecule has 1 N–H and O–H groups in total.